The third-order valence-corrected chi connectivity index (χ3v) is 3.19. The molecule has 0 aliphatic rings. The molecule has 1 rings (SSSR count). The molecule has 104 valence electrons. The van der Waals surface area contributed by atoms with E-state index in [1.54, 1.807) is 19.1 Å². The van der Waals surface area contributed by atoms with Crippen LogP contribution in [0.3, 0.4) is 0 Å². The van der Waals surface area contributed by atoms with E-state index in [2.05, 4.69) is 22.5 Å². The molecule has 0 fully saturated rings. The van der Waals surface area contributed by atoms with E-state index in [0.29, 0.717) is 24.2 Å². The first-order valence-corrected chi connectivity index (χ1v) is 6.79. The summed E-state index contributed by atoms with van der Waals surface area (Å²) in [6.07, 6.45) is 1.72. The predicted molar refractivity (Wildman–Crippen MR) is 76.2 cm³/mol. The van der Waals surface area contributed by atoms with Gasteiger partial charge in [-0.05, 0) is 24.6 Å². The Kier molecular flexibility index (Phi) is 6.73. The fraction of sp³-hybridized carbons (Fsp3) is 0.357. The summed E-state index contributed by atoms with van der Waals surface area (Å²) in [5.41, 5.74) is 0.910. The number of carbonyl (C=O) groups is 1. The van der Waals surface area contributed by atoms with Crippen LogP contribution in [-0.2, 0) is 16.1 Å². The van der Waals surface area contributed by atoms with Crippen LogP contribution in [0.5, 0.6) is 0 Å². The first kappa shape index (κ1) is 15.9. The average Bonchev–Trinajstić information content (AvgIpc) is 2.33. The van der Waals surface area contributed by atoms with Crippen molar-refractivity contribution in [3.05, 3.63) is 46.7 Å². The number of hydrogen-bond acceptors (Lipinski definition) is 3. The topological polar surface area (TPSA) is 29.5 Å². The predicted octanol–water partition coefficient (Wildman–Crippen LogP) is 3.14. The summed E-state index contributed by atoms with van der Waals surface area (Å²) in [7, 11) is 0. The summed E-state index contributed by atoms with van der Waals surface area (Å²) in [5, 5.41) is 0. The van der Waals surface area contributed by atoms with E-state index in [1.165, 1.54) is 12.1 Å². The number of carbonyl (C=O) groups excluding carboxylic acids is 1. The van der Waals surface area contributed by atoms with Crippen LogP contribution in [0.15, 0.2) is 35.3 Å². The van der Waals surface area contributed by atoms with E-state index in [1.807, 2.05) is 4.90 Å². The lowest BCUT2D eigenvalue weighted by Crippen LogP contribution is -2.31. The minimum absolute atomic E-state index is 0.184. The lowest BCUT2D eigenvalue weighted by atomic mass is 10.2. The van der Waals surface area contributed by atoms with Gasteiger partial charge in [-0.25, -0.2) is 4.39 Å². The minimum atomic E-state index is -0.295. The van der Waals surface area contributed by atoms with Crippen molar-refractivity contribution in [1.82, 2.24) is 4.90 Å². The number of halogens is 2. The fourth-order valence-corrected chi connectivity index (χ4v) is 2.12. The summed E-state index contributed by atoms with van der Waals surface area (Å²) in [6, 6.07) is 4.50. The summed E-state index contributed by atoms with van der Waals surface area (Å²) in [6.45, 7) is 7.06. The quantitative estimate of drug-likeness (QED) is 0.568. The van der Waals surface area contributed by atoms with Crippen LogP contribution in [0.25, 0.3) is 0 Å². The average molecular weight is 330 g/mol. The summed E-state index contributed by atoms with van der Waals surface area (Å²) < 4.78 is 18.6. The molecule has 0 N–H and O–H groups in total. The van der Waals surface area contributed by atoms with Gasteiger partial charge in [0.2, 0.25) is 0 Å². The second kappa shape index (κ2) is 8.07. The highest BCUT2D eigenvalue weighted by atomic mass is 79.9. The van der Waals surface area contributed by atoms with Crippen LogP contribution in [0.4, 0.5) is 4.39 Å². The molecule has 19 heavy (non-hydrogen) atoms. The Bertz CT molecular complexity index is 451. The van der Waals surface area contributed by atoms with Gasteiger partial charge in [-0.1, -0.05) is 28.1 Å². The van der Waals surface area contributed by atoms with Crippen LogP contribution in [-0.4, -0.2) is 30.6 Å². The van der Waals surface area contributed by atoms with Gasteiger partial charge in [-0.3, -0.25) is 9.69 Å². The third kappa shape index (κ3) is 5.53. The van der Waals surface area contributed by atoms with Gasteiger partial charge in [0, 0.05) is 17.6 Å². The zero-order valence-corrected chi connectivity index (χ0v) is 12.5. The molecule has 0 radical (unpaired) electrons. The number of hydrogen-bond donors (Lipinski definition) is 0. The van der Waals surface area contributed by atoms with Crippen molar-refractivity contribution in [2.75, 3.05) is 19.7 Å². The first-order valence-electron chi connectivity index (χ1n) is 5.99. The van der Waals surface area contributed by atoms with Gasteiger partial charge >= 0.3 is 5.97 Å². The normalized spacial score (nSPS) is 10.5. The van der Waals surface area contributed by atoms with Gasteiger partial charge in [-0.2, -0.15) is 0 Å². The third-order valence-electron chi connectivity index (χ3n) is 2.45. The molecular formula is C14H17BrFNO2. The van der Waals surface area contributed by atoms with Crippen molar-refractivity contribution in [2.24, 2.45) is 0 Å². The van der Waals surface area contributed by atoms with Crippen LogP contribution in [0.1, 0.15) is 12.5 Å². The van der Waals surface area contributed by atoms with E-state index < -0.39 is 0 Å². The Labute approximate surface area is 121 Å². The van der Waals surface area contributed by atoms with Gasteiger partial charge < -0.3 is 4.74 Å². The van der Waals surface area contributed by atoms with Crippen LogP contribution in [0.2, 0.25) is 0 Å². The molecule has 0 aromatic heterocycles. The molecule has 0 aliphatic heterocycles. The van der Waals surface area contributed by atoms with E-state index >= 15 is 0 Å². The molecule has 1 aromatic carbocycles. The highest BCUT2D eigenvalue weighted by Gasteiger charge is 2.12. The summed E-state index contributed by atoms with van der Waals surface area (Å²) in [4.78, 5) is 13.4. The number of benzene rings is 1. The Morgan fingerprint density at radius 1 is 1.58 bits per heavy atom. The van der Waals surface area contributed by atoms with Crippen molar-refractivity contribution >= 4 is 21.9 Å². The van der Waals surface area contributed by atoms with Crippen LogP contribution in [0, 0.1) is 5.82 Å². The van der Waals surface area contributed by atoms with Crippen LogP contribution >= 0.6 is 15.9 Å². The van der Waals surface area contributed by atoms with Crippen molar-refractivity contribution in [3.63, 3.8) is 0 Å². The molecule has 0 unspecified atom stereocenters. The second-order valence-electron chi connectivity index (χ2n) is 4.00. The maximum atomic E-state index is 13.0. The van der Waals surface area contributed by atoms with Gasteiger partial charge in [0.1, 0.15) is 5.82 Å². The molecule has 0 saturated carbocycles. The Hall–Kier alpha value is -1.20. The molecule has 0 saturated heterocycles. The highest BCUT2D eigenvalue weighted by Crippen LogP contribution is 2.19. The molecule has 0 heterocycles. The summed E-state index contributed by atoms with van der Waals surface area (Å²) >= 11 is 3.32. The summed E-state index contributed by atoms with van der Waals surface area (Å²) in [5.74, 6) is -0.570. The SMILES string of the molecule is C=CCN(CC(=O)OCC)Cc1ccc(F)cc1Br. The molecular weight excluding hydrogens is 313 g/mol. The molecule has 5 heteroatoms. The zero-order chi connectivity index (χ0) is 14.3. The van der Waals surface area contributed by atoms with Crippen molar-refractivity contribution < 1.29 is 13.9 Å². The van der Waals surface area contributed by atoms with Gasteiger partial charge in [0.05, 0.1) is 13.2 Å². The largest absolute Gasteiger partial charge is 0.465 e. The Morgan fingerprint density at radius 3 is 2.89 bits per heavy atom. The van der Waals surface area contributed by atoms with E-state index in [0.717, 1.165) is 5.56 Å². The smallest absolute Gasteiger partial charge is 0.320 e. The maximum Gasteiger partial charge on any atom is 0.320 e. The lowest BCUT2D eigenvalue weighted by Gasteiger charge is -2.20. The van der Waals surface area contributed by atoms with Crippen molar-refractivity contribution in [1.29, 1.82) is 0 Å². The van der Waals surface area contributed by atoms with E-state index in [4.69, 9.17) is 4.74 Å². The lowest BCUT2D eigenvalue weighted by molar-refractivity contribution is -0.144. The number of esters is 1. The standard InChI is InChI=1S/C14H17BrFNO2/c1-3-7-17(10-14(18)19-4-2)9-11-5-6-12(16)8-13(11)15/h3,5-6,8H,1,4,7,9-10H2,2H3. The first-order chi connectivity index (χ1) is 9.06. The molecule has 3 nitrogen and oxygen atoms in total. The molecule has 0 aliphatic carbocycles. The second-order valence-corrected chi connectivity index (χ2v) is 4.85. The maximum absolute atomic E-state index is 13.0. The van der Waals surface area contributed by atoms with Gasteiger partial charge in [-0.15, -0.1) is 6.58 Å². The highest BCUT2D eigenvalue weighted by molar-refractivity contribution is 9.10. The van der Waals surface area contributed by atoms with Crippen LogP contribution < -0.4 is 0 Å². The monoisotopic (exact) mass is 329 g/mol. The zero-order valence-electron chi connectivity index (χ0n) is 10.9. The molecule has 1 aromatic rings. The van der Waals surface area contributed by atoms with E-state index in [-0.39, 0.29) is 18.3 Å². The van der Waals surface area contributed by atoms with Gasteiger partial charge in [0.25, 0.3) is 0 Å². The van der Waals surface area contributed by atoms with Crippen molar-refractivity contribution in [3.8, 4) is 0 Å². The molecule has 0 spiro atoms. The Balaban J connectivity index is 2.71. The number of nitrogens with zero attached hydrogens (tertiary/aromatic N) is 1. The van der Waals surface area contributed by atoms with Crippen molar-refractivity contribution in [2.45, 2.75) is 13.5 Å². The molecule has 0 amide bonds. The molecule has 0 bridgehead atoms. The fourth-order valence-electron chi connectivity index (χ4n) is 1.65. The molecule has 0 atom stereocenters. The minimum Gasteiger partial charge on any atom is -0.465 e. The van der Waals surface area contributed by atoms with E-state index in [9.17, 15) is 9.18 Å². The number of rotatable bonds is 7. The van der Waals surface area contributed by atoms with Gasteiger partial charge in [0.15, 0.2) is 0 Å². The Morgan fingerprint density at radius 2 is 2.32 bits per heavy atom. The number of ether oxygens (including phenoxy) is 1.